The second-order valence-electron chi connectivity index (χ2n) is 3.24. The van der Waals surface area contributed by atoms with Crippen molar-refractivity contribution in [3.05, 3.63) is 12.4 Å². The third-order valence-corrected chi connectivity index (χ3v) is 2.17. The van der Waals surface area contributed by atoms with Crippen molar-refractivity contribution in [2.24, 2.45) is 0 Å². The van der Waals surface area contributed by atoms with Gasteiger partial charge in [-0.2, -0.15) is 0 Å². The van der Waals surface area contributed by atoms with E-state index in [0.717, 1.165) is 0 Å². The van der Waals surface area contributed by atoms with Gasteiger partial charge in [-0.05, 0) is 13.8 Å². The summed E-state index contributed by atoms with van der Waals surface area (Å²) in [5.74, 6) is 0.844. The second kappa shape index (κ2) is 6.67. The Morgan fingerprint density at radius 3 is 2.76 bits per heavy atom. The molecule has 0 atom stereocenters. The second-order valence-corrected chi connectivity index (χ2v) is 3.24. The Morgan fingerprint density at radius 2 is 2.18 bits per heavy atom. The lowest BCUT2D eigenvalue weighted by Gasteiger charge is -2.20. The number of rotatable bonds is 6. The maximum Gasteiger partial charge on any atom is 0.325 e. The minimum Gasteiger partial charge on any atom is -0.481 e. The van der Waals surface area contributed by atoms with Gasteiger partial charge in [0.1, 0.15) is 18.7 Å². The summed E-state index contributed by atoms with van der Waals surface area (Å²) in [7, 11) is 1.54. The van der Waals surface area contributed by atoms with E-state index in [1.54, 1.807) is 17.9 Å². The number of methoxy groups -OCH3 is 1. The van der Waals surface area contributed by atoms with Crippen molar-refractivity contribution in [2.75, 3.05) is 31.7 Å². The number of hydrogen-bond donors (Lipinski definition) is 0. The molecule has 0 unspecified atom stereocenters. The van der Waals surface area contributed by atoms with Gasteiger partial charge in [-0.25, -0.2) is 9.97 Å². The van der Waals surface area contributed by atoms with Gasteiger partial charge in [0, 0.05) is 12.6 Å². The van der Waals surface area contributed by atoms with Crippen LogP contribution in [0, 0.1) is 0 Å². The molecule has 1 rings (SSSR count). The predicted molar refractivity (Wildman–Crippen MR) is 63.1 cm³/mol. The molecule has 1 aromatic heterocycles. The summed E-state index contributed by atoms with van der Waals surface area (Å²) < 4.78 is 9.91. The molecule has 1 heterocycles. The number of aromatic nitrogens is 2. The van der Waals surface area contributed by atoms with Crippen LogP contribution < -0.4 is 9.64 Å². The summed E-state index contributed by atoms with van der Waals surface area (Å²) in [6.45, 7) is 4.92. The molecule has 17 heavy (non-hydrogen) atoms. The Bertz CT molecular complexity index is 371. The number of carbonyl (C=O) groups excluding carboxylic acids is 1. The van der Waals surface area contributed by atoms with E-state index in [4.69, 9.17) is 9.47 Å². The van der Waals surface area contributed by atoms with Crippen LogP contribution in [0.2, 0.25) is 0 Å². The molecule has 94 valence electrons. The van der Waals surface area contributed by atoms with Crippen molar-refractivity contribution < 1.29 is 14.3 Å². The molecule has 0 amide bonds. The first-order chi connectivity index (χ1) is 8.21. The fourth-order valence-corrected chi connectivity index (χ4v) is 1.33. The minimum absolute atomic E-state index is 0.171. The van der Waals surface area contributed by atoms with Crippen molar-refractivity contribution >= 4 is 11.8 Å². The minimum atomic E-state index is -0.271. The molecule has 0 aliphatic carbocycles. The SMILES string of the molecule is CCOC(=O)CN(CC)c1cc(OC)ncn1. The van der Waals surface area contributed by atoms with Crippen molar-refractivity contribution in [3.63, 3.8) is 0 Å². The maximum absolute atomic E-state index is 11.4. The summed E-state index contributed by atoms with van der Waals surface area (Å²) in [4.78, 5) is 21.2. The van der Waals surface area contributed by atoms with Crippen LogP contribution in [0.5, 0.6) is 5.88 Å². The molecule has 0 aliphatic heterocycles. The number of likely N-dealkylation sites (N-methyl/N-ethyl adjacent to an activating group) is 1. The number of anilines is 1. The monoisotopic (exact) mass is 239 g/mol. The van der Waals surface area contributed by atoms with Crippen molar-refractivity contribution in [1.29, 1.82) is 0 Å². The molecule has 0 aliphatic rings. The first-order valence-electron chi connectivity index (χ1n) is 5.47. The number of carbonyl (C=O) groups is 1. The van der Waals surface area contributed by atoms with Gasteiger partial charge in [0.2, 0.25) is 5.88 Å². The summed E-state index contributed by atoms with van der Waals surface area (Å²) >= 11 is 0. The highest BCUT2D eigenvalue weighted by Crippen LogP contribution is 2.14. The van der Waals surface area contributed by atoms with E-state index in [1.807, 2.05) is 6.92 Å². The zero-order valence-corrected chi connectivity index (χ0v) is 10.3. The van der Waals surface area contributed by atoms with Crippen LogP contribution in [0.3, 0.4) is 0 Å². The van der Waals surface area contributed by atoms with Gasteiger partial charge in [0.15, 0.2) is 0 Å². The summed E-state index contributed by atoms with van der Waals surface area (Å²) in [5.41, 5.74) is 0. The normalized spacial score (nSPS) is 9.82. The van der Waals surface area contributed by atoms with Crippen LogP contribution >= 0.6 is 0 Å². The van der Waals surface area contributed by atoms with E-state index in [2.05, 4.69) is 9.97 Å². The molecule has 6 nitrogen and oxygen atoms in total. The zero-order valence-electron chi connectivity index (χ0n) is 10.3. The molecule has 0 fully saturated rings. The Kier molecular flexibility index (Phi) is 5.19. The lowest BCUT2D eigenvalue weighted by Crippen LogP contribution is -2.31. The van der Waals surface area contributed by atoms with Gasteiger partial charge in [0.05, 0.1) is 13.7 Å². The van der Waals surface area contributed by atoms with Gasteiger partial charge in [-0.15, -0.1) is 0 Å². The summed E-state index contributed by atoms with van der Waals surface area (Å²) in [5, 5.41) is 0. The quantitative estimate of drug-likeness (QED) is 0.686. The first kappa shape index (κ1) is 13.2. The average molecular weight is 239 g/mol. The lowest BCUT2D eigenvalue weighted by molar-refractivity contribution is -0.141. The molecule has 0 spiro atoms. The van der Waals surface area contributed by atoms with Crippen LogP contribution in [-0.4, -0.2) is 42.7 Å². The highest BCUT2D eigenvalue weighted by Gasteiger charge is 2.12. The Labute approximate surface area is 101 Å². The van der Waals surface area contributed by atoms with Gasteiger partial charge in [0.25, 0.3) is 0 Å². The van der Waals surface area contributed by atoms with Crippen LogP contribution in [0.4, 0.5) is 5.82 Å². The number of ether oxygens (including phenoxy) is 2. The van der Waals surface area contributed by atoms with E-state index in [9.17, 15) is 4.79 Å². The van der Waals surface area contributed by atoms with Gasteiger partial charge >= 0.3 is 5.97 Å². The smallest absolute Gasteiger partial charge is 0.325 e. The highest BCUT2D eigenvalue weighted by molar-refractivity contribution is 5.75. The highest BCUT2D eigenvalue weighted by atomic mass is 16.5. The summed E-state index contributed by atoms with van der Waals surface area (Å²) in [6.07, 6.45) is 1.40. The van der Waals surface area contributed by atoms with Crippen molar-refractivity contribution in [3.8, 4) is 5.88 Å². The molecular weight excluding hydrogens is 222 g/mol. The predicted octanol–water partition coefficient (Wildman–Crippen LogP) is 0.875. The largest absolute Gasteiger partial charge is 0.481 e. The van der Waals surface area contributed by atoms with E-state index >= 15 is 0 Å². The van der Waals surface area contributed by atoms with Gasteiger partial charge in [-0.1, -0.05) is 0 Å². The molecule has 1 aromatic rings. The van der Waals surface area contributed by atoms with Crippen LogP contribution in [0.25, 0.3) is 0 Å². The van der Waals surface area contributed by atoms with Crippen molar-refractivity contribution in [1.82, 2.24) is 9.97 Å². The third-order valence-electron chi connectivity index (χ3n) is 2.17. The van der Waals surface area contributed by atoms with Crippen LogP contribution in [-0.2, 0) is 9.53 Å². The van der Waals surface area contributed by atoms with E-state index < -0.39 is 0 Å². The number of esters is 1. The topological polar surface area (TPSA) is 64.5 Å². The third kappa shape index (κ3) is 3.90. The molecule has 6 heteroatoms. The van der Waals surface area contributed by atoms with Crippen LogP contribution in [0.15, 0.2) is 12.4 Å². The molecule has 0 aromatic carbocycles. The summed E-state index contributed by atoms with van der Waals surface area (Å²) in [6, 6.07) is 1.68. The van der Waals surface area contributed by atoms with Gasteiger partial charge < -0.3 is 14.4 Å². The van der Waals surface area contributed by atoms with E-state index in [0.29, 0.717) is 24.8 Å². The molecule has 0 N–H and O–H groups in total. The lowest BCUT2D eigenvalue weighted by atomic mass is 10.4. The molecule has 0 radical (unpaired) electrons. The fourth-order valence-electron chi connectivity index (χ4n) is 1.33. The maximum atomic E-state index is 11.4. The molecular formula is C11H17N3O3. The molecule has 0 saturated heterocycles. The first-order valence-corrected chi connectivity index (χ1v) is 5.47. The van der Waals surface area contributed by atoms with E-state index in [-0.39, 0.29) is 12.5 Å². The van der Waals surface area contributed by atoms with Crippen LogP contribution in [0.1, 0.15) is 13.8 Å². The fraction of sp³-hybridized carbons (Fsp3) is 0.545. The Morgan fingerprint density at radius 1 is 1.41 bits per heavy atom. The molecule has 0 saturated carbocycles. The van der Waals surface area contributed by atoms with E-state index in [1.165, 1.54) is 13.4 Å². The number of nitrogens with zero attached hydrogens (tertiary/aromatic N) is 3. The Balaban J connectivity index is 2.74. The zero-order chi connectivity index (χ0) is 12.7. The van der Waals surface area contributed by atoms with Gasteiger partial charge in [-0.3, -0.25) is 4.79 Å². The number of hydrogen-bond acceptors (Lipinski definition) is 6. The average Bonchev–Trinajstić information content (AvgIpc) is 2.36. The Hall–Kier alpha value is -1.85. The standard InChI is InChI=1S/C11H17N3O3/c1-4-14(7-11(15)17-5-2)9-6-10(16-3)13-8-12-9/h6,8H,4-5,7H2,1-3H3. The molecule has 0 bridgehead atoms. The van der Waals surface area contributed by atoms with Crippen molar-refractivity contribution in [2.45, 2.75) is 13.8 Å².